The van der Waals surface area contributed by atoms with Crippen molar-refractivity contribution >= 4 is 5.91 Å². The summed E-state index contributed by atoms with van der Waals surface area (Å²) in [6.45, 7) is 4.16. The third-order valence-corrected chi connectivity index (χ3v) is 4.25. The highest BCUT2D eigenvalue weighted by Crippen LogP contribution is 2.21. The Labute approximate surface area is 138 Å². The van der Waals surface area contributed by atoms with Crippen LogP contribution in [0.15, 0.2) is 48.0 Å². The first-order chi connectivity index (χ1) is 11.6. The van der Waals surface area contributed by atoms with Crippen LogP contribution in [0.5, 0.6) is 0 Å². The van der Waals surface area contributed by atoms with Gasteiger partial charge in [0.25, 0.3) is 11.5 Å². The Balaban J connectivity index is 1.77. The summed E-state index contributed by atoms with van der Waals surface area (Å²) >= 11 is 0. The molecule has 1 amide bonds. The summed E-state index contributed by atoms with van der Waals surface area (Å²) in [5, 5.41) is 2.87. The van der Waals surface area contributed by atoms with Crippen LogP contribution in [0.4, 0.5) is 4.39 Å². The van der Waals surface area contributed by atoms with Crippen molar-refractivity contribution in [3.63, 3.8) is 0 Å². The van der Waals surface area contributed by atoms with Crippen molar-refractivity contribution in [2.75, 3.05) is 0 Å². The number of pyridine rings is 2. The molecule has 0 unspecified atom stereocenters. The average molecular weight is 327 g/mol. The van der Waals surface area contributed by atoms with Gasteiger partial charge >= 0.3 is 0 Å². The van der Waals surface area contributed by atoms with E-state index in [0.29, 0.717) is 25.8 Å². The van der Waals surface area contributed by atoms with Gasteiger partial charge in [-0.2, -0.15) is 0 Å². The summed E-state index contributed by atoms with van der Waals surface area (Å²) in [4.78, 5) is 27.8. The molecule has 2 aromatic rings. The van der Waals surface area contributed by atoms with Gasteiger partial charge in [-0.1, -0.05) is 12.1 Å². The van der Waals surface area contributed by atoms with Crippen molar-refractivity contribution in [3.05, 3.63) is 76.2 Å². The first-order valence-corrected chi connectivity index (χ1v) is 7.83. The first kappa shape index (κ1) is 16.1. The maximum absolute atomic E-state index is 13.6. The number of nitrogens with zero attached hydrogens (tertiary/aromatic N) is 2. The molecule has 24 heavy (non-hydrogen) atoms. The van der Waals surface area contributed by atoms with E-state index in [4.69, 9.17) is 0 Å². The van der Waals surface area contributed by atoms with Crippen LogP contribution in [0.25, 0.3) is 0 Å². The monoisotopic (exact) mass is 327 g/mol. The number of carbonyl (C=O) groups is 1. The van der Waals surface area contributed by atoms with Crippen LogP contribution in [0.3, 0.4) is 0 Å². The minimum absolute atomic E-state index is 0.00701. The molecule has 0 fully saturated rings. The number of carbonyl (C=O) groups excluding carboxylic acids is 1. The first-order valence-electron chi connectivity index (χ1n) is 7.83. The maximum Gasteiger partial charge on any atom is 0.254 e. The van der Waals surface area contributed by atoms with Gasteiger partial charge in [0, 0.05) is 30.5 Å². The SMILES string of the molecule is C=CCn1c2c(ccc1=O)C[C@@H](NC(=O)c1ccncc1F)CC2. The zero-order chi connectivity index (χ0) is 17.1. The Hall–Kier alpha value is -2.76. The van der Waals surface area contributed by atoms with Gasteiger partial charge in [0.1, 0.15) is 0 Å². The molecule has 0 aromatic carbocycles. The summed E-state index contributed by atoms with van der Waals surface area (Å²) in [5.41, 5.74) is 1.97. The van der Waals surface area contributed by atoms with Crippen LogP contribution >= 0.6 is 0 Å². The van der Waals surface area contributed by atoms with Gasteiger partial charge in [0.2, 0.25) is 0 Å². The molecule has 1 N–H and O–H groups in total. The van der Waals surface area contributed by atoms with Gasteiger partial charge < -0.3 is 9.88 Å². The lowest BCUT2D eigenvalue weighted by Gasteiger charge is -2.27. The van der Waals surface area contributed by atoms with Crippen LogP contribution in [0.1, 0.15) is 28.0 Å². The Morgan fingerprint density at radius 1 is 1.46 bits per heavy atom. The third-order valence-electron chi connectivity index (χ3n) is 4.25. The molecule has 0 radical (unpaired) electrons. The molecule has 124 valence electrons. The average Bonchev–Trinajstić information content (AvgIpc) is 2.58. The smallest absolute Gasteiger partial charge is 0.254 e. The van der Waals surface area contributed by atoms with Crippen molar-refractivity contribution < 1.29 is 9.18 Å². The lowest BCUT2D eigenvalue weighted by molar-refractivity contribution is 0.0929. The van der Waals surface area contributed by atoms with E-state index >= 15 is 0 Å². The number of allylic oxidation sites excluding steroid dienone is 1. The molecule has 5 nitrogen and oxygen atoms in total. The van der Waals surface area contributed by atoms with Gasteiger partial charge in [0.15, 0.2) is 5.82 Å². The normalized spacial score (nSPS) is 16.3. The standard InChI is InChI=1S/C18H18FN3O2/c1-2-9-22-16-5-4-13(10-12(16)3-6-17(22)23)21-18(24)14-7-8-20-11-15(14)19/h2-3,6-8,11,13H,1,4-5,9-10H2,(H,21,24)/t13-/m0/s1. The number of amides is 1. The largest absolute Gasteiger partial charge is 0.349 e. The summed E-state index contributed by atoms with van der Waals surface area (Å²) < 4.78 is 15.4. The van der Waals surface area contributed by atoms with Crippen molar-refractivity contribution in [1.82, 2.24) is 14.9 Å². The van der Waals surface area contributed by atoms with Gasteiger partial charge in [-0.3, -0.25) is 14.6 Å². The van der Waals surface area contributed by atoms with E-state index in [-0.39, 0.29) is 17.2 Å². The molecule has 2 heterocycles. The predicted molar refractivity (Wildman–Crippen MR) is 88.4 cm³/mol. The second kappa shape index (κ2) is 6.78. The fourth-order valence-corrected chi connectivity index (χ4v) is 3.10. The molecule has 2 aromatic heterocycles. The number of hydrogen-bond acceptors (Lipinski definition) is 3. The van der Waals surface area contributed by atoms with Gasteiger partial charge in [0.05, 0.1) is 11.8 Å². The highest BCUT2D eigenvalue weighted by atomic mass is 19.1. The van der Waals surface area contributed by atoms with Crippen molar-refractivity contribution in [2.24, 2.45) is 0 Å². The highest BCUT2D eigenvalue weighted by Gasteiger charge is 2.23. The summed E-state index contributed by atoms with van der Waals surface area (Å²) in [7, 11) is 0. The van der Waals surface area contributed by atoms with Gasteiger partial charge in [-0.15, -0.1) is 6.58 Å². The fourth-order valence-electron chi connectivity index (χ4n) is 3.10. The van der Waals surface area contributed by atoms with E-state index in [9.17, 15) is 14.0 Å². The number of halogens is 1. The number of fused-ring (bicyclic) bond motifs is 1. The predicted octanol–water partition coefficient (Wildman–Crippen LogP) is 1.86. The van der Waals surface area contributed by atoms with Crippen molar-refractivity contribution in [3.8, 4) is 0 Å². The van der Waals surface area contributed by atoms with Gasteiger partial charge in [-0.05, 0) is 30.9 Å². The van der Waals surface area contributed by atoms with E-state index in [2.05, 4.69) is 16.9 Å². The number of rotatable bonds is 4. The number of nitrogens with one attached hydrogen (secondary N) is 1. The second-order valence-electron chi connectivity index (χ2n) is 5.81. The molecule has 1 atom stereocenters. The van der Waals surface area contributed by atoms with Gasteiger partial charge in [-0.25, -0.2) is 4.39 Å². The third kappa shape index (κ3) is 3.13. The van der Waals surface area contributed by atoms with Crippen LogP contribution in [-0.4, -0.2) is 21.5 Å². The molecular weight excluding hydrogens is 309 g/mol. The lowest BCUT2D eigenvalue weighted by atomic mass is 9.91. The highest BCUT2D eigenvalue weighted by molar-refractivity contribution is 5.94. The van der Waals surface area contributed by atoms with Crippen LogP contribution in [-0.2, 0) is 19.4 Å². The summed E-state index contributed by atoms with van der Waals surface area (Å²) in [5.74, 6) is -1.08. The summed E-state index contributed by atoms with van der Waals surface area (Å²) in [6.07, 6.45) is 6.11. The maximum atomic E-state index is 13.6. The Morgan fingerprint density at radius 2 is 2.29 bits per heavy atom. The number of aromatic nitrogens is 2. The Kier molecular flexibility index (Phi) is 4.55. The molecule has 0 saturated heterocycles. The van der Waals surface area contributed by atoms with E-state index < -0.39 is 11.7 Å². The van der Waals surface area contributed by atoms with E-state index in [1.165, 1.54) is 18.3 Å². The second-order valence-corrected chi connectivity index (χ2v) is 5.81. The zero-order valence-corrected chi connectivity index (χ0v) is 13.2. The molecular formula is C18H18FN3O2. The van der Waals surface area contributed by atoms with Crippen LogP contribution < -0.4 is 10.9 Å². The van der Waals surface area contributed by atoms with Crippen molar-refractivity contribution in [2.45, 2.75) is 31.8 Å². The van der Waals surface area contributed by atoms with Crippen LogP contribution in [0, 0.1) is 5.82 Å². The molecule has 0 saturated carbocycles. The Bertz CT molecular complexity index is 844. The molecule has 1 aliphatic rings. The fraction of sp³-hybridized carbons (Fsp3) is 0.278. The molecule has 6 heteroatoms. The molecule has 3 rings (SSSR count). The van der Waals surface area contributed by atoms with E-state index in [1.807, 2.05) is 6.07 Å². The van der Waals surface area contributed by atoms with E-state index in [0.717, 1.165) is 17.5 Å². The minimum Gasteiger partial charge on any atom is -0.349 e. The molecule has 0 bridgehead atoms. The zero-order valence-electron chi connectivity index (χ0n) is 13.2. The molecule has 0 spiro atoms. The van der Waals surface area contributed by atoms with E-state index in [1.54, 1.807) is 10.6 Å². The quantitative estimate of drug-likeness (QED) is 0.872. The number of hydrogen-bond donors (Lipinski definition) is 1. The molecule has 1 aliphatic carbocycles. The van der Waals surface area contributed by atoms with Crippen LogP contribution in [0.2, 0.25) is 0 Å². The lowest BCUT2D eigenvalue weighted by Crippen LogP contribution is -2.40. The topological polar surface area (TPSA) is 64.0 Å². The summed E-state index contributed by atoms with van der Waals surface area (Å²) in [6, 6.07) is 4.62. The molecule has 0 aliphatic heterocycles. The minimum atomic E-state index is -0.633. The van der Waals surface area contributed by atoms with Crippen molar-refractivity contribution in [1.29, 1.82) is 0 Å². The Morgan fingerprint density at radius 3 is 3.04 bits per heavy atom.